The smallest absolute Gasteiger partial charge is 0.352 e. The number of nitrogens with one attached hydrogen (secondary N) is 2. The molecule has 3 N–H and O–H groups in total. The van der Waals surface area contributed by atoms with Gasteiger partial charge in [0.2, 0.25) is 5.91 Å². The standard InChI is InChI=1S/C29H23ClN4O7S2/c1-14-4-7-21(19(9-14)25-31-20-6-5-16(30)10-18(20)26(36)33-25)41-12-15-13-43(40)28-23(27(37)34(28)24(15)29(38)39)32-22(35)11-17-3-2-8-42-17/h2-10,23,28H,11-13H2,1H3,(H,32,35)(H,38,39)(H,31,33,36). The van der Waals surface area contributed by atoms with Crippen LogP contribution in [0.3, 0.4) is 0 Å². The first-order valence-electron chi connectivity index (χ1n) is 13.0. The van der Waals surface area contributed by atoms with Crippen LogP contribution in [-0.2, 0) is 31.6 Å². The van der Waals surface area contributed by atoms with Crippen LogP contribution in [0.1, 0.15) is 10.4 Å². The van der Waals surface area contributed by atoms with Crippen LogP contribution in [-0.4, -0.2) is 65.7 Å². The summed E-state index contributed by atoms with van der Waals surface area (Å²) in [6.45, 7) is 1.57. The summed E-state index contributed by atoms with van der Waals surface area (Å²) in [7, 11) is -1.70. The van der Waals surface area contributed by atoms with Gasteiger partial charge in [-0.1, -0.05) is 29.3 Å². The second kappa shape index (κ2) is 11.4. The lowest BCUT2D eigenvalue weighted by atomic mass is 10.0. The minimum Gasteiger partial charge on any atom is -0.488 e. The second-order valence-corrected chi connectivity index (χ2v) is 13.0. The molecular formula is C29H23ClN4O7S2. The lowest BCUT2D eigenvalue weighted by Gasteiger charge is -2.49. The summed E-state index contributed by atoms with van der Waals surface area (Å²) in [5, 5.41) is 14.2. The van der Waals surface area contributed by atoms with Crippen LogP contribution in [0.15, 0.2) is 70.0 Å². The largest absolute Gasteiger partial charge is 0.488 e. The monoisotopic (exact) mass is 638 g/mol. The van der Waals surface area contributed by atoms with Gasteiger partial charge in [-0.05, 0) is 48.7 Å². The Hall–Kier alpha value is -4.33. The molecule has 1 saturated heterocycles. The highest BCUT2D eigenvalue weighted by Crippen LogP contribution is 2.36. The number of carbonyl (C=O) groups is 3. The quantitative estimate of drug-likeness (QED) is 0.249. The van der Waals surface area contributed by atoms with Gasteiger partial charge in [0.05, 0.1) is 39.4 Å². The van der Waals surface area contributed by atoms with Gasteiger partial charge < -0.3 is 20.1 Å². The summed E-state index contributed by atoms with van der Waals surface area (Å²) in [6.07, 6.45) is 0.0610. The minimum absolute atomic E-state index is 0.0610. The number of aromatic amines is 1. The fourth-order valence-corrected chi connectivity index (χ4v) is 7.66. The molecule has 2 aromatic carbocycles. The lowest BCUT2D eigenvalue weighted by molar-refractivity contribution is -0.150. The maximum Gasteiger partial charge on any atom is 0.352 e. The van der Waals surface area contributed by atoms with E-state index in [1.165, 1.54) is 17.4 Å². The third-order valence-electron chi connectivity index (χ3n) is 7.10. The predicted molar refractivity (Wildman–Crippen MR) is 161 cm³/mol. The van der Waals surface area contributed by atoms with Gasteiger partial charge in [-0.25, -0.2) is 9.78 Å². The van der Waals surface area contributed by atoms with Gasteiger partial charge in [-0.15, -0.1) is 11.3 Å². The molecule has 0 spiro atoms. The van der Waals surface area contributed by atoms with Crippen molar-refractivity contribution in [2.24, 2.45) is 0 Å². The number of hydrogen-bond donors (Lipinski definition) is 3. The normalized spacial score (nSPS) is 19.6. The number of thiophene rings is 1. The average Bonchev–Trinajstić information content (AvgIpc) is 3.48. The maximum absolute atomic E-state index is 13.2. The Bertz CT molecular complexity index is 1920. The number of H-pyrrole nitrogens is 1. The number of nitrogens with zero attached hydrogens (tertiary/aromatic N) is 2. The molecule has 43 heavy (non-hydrogen) atoms. The Morgan fingerprint density at radius 1 is 1.23 bits per heavy atom. The van der Waals surface area contributed by atoms with Crippen molar-refractivity contribution in [2.75, 3.05) is 12.4 Å². The number of amides is 2. The molecule has 6 rings (SSSR count). The molecule has 14 heteroatoms. The number of ether oxygens (including phenoxy) is 1. The Balaban J connectivity index is 1.26. The highest BCUT2D eigenvalue weighted by atomic mass is 35.5. The van der Waals surface area contributed by atoms with Gasteiger partial charge in [-0.3, -0.25) is 23.5 Å². The van der Waals surface area contributed by atoms with Crippen molar-refractivity contribution in [3.63, 3.8) is 0 Å². The first-order valence-corrected chi connectivity index (χ1v) is 15.7. The van der Waals surface area contributed by atoms with E-state index >= 15 is 0 Å². The Morgan fingerprint density at radius 3 is 2.79 bits per heavy atom. The van der Waals surface area contributed by atoms with Crippen LogP contribution in [0.4, 0.5) is 0 Å². The van der Waals surface area contributed by atoms with E-state index < -0.39 is 45.6 Å². The van der Waals surface area contributed by atoms with E-state index in [1.54, 1.807) is 42.5 Å². The molecule has 0 aliphatic carbocycles. The van der Waals surface area contributed by atoms with E-state index in [1.807, 2.05) is 12.3 Å². The van der Waals surface area contributed by atoms with Crippen LogP contribution in [0.25, 0.3) is 22.3 Å². The van der Waals surface area contributed by atoms with E-state index in [4.69, 9.17) is 16.3 Å². The molecular weight excluding hydrogens is 616 g/mol. The van der Waals surface area contributed by atoms with E-state index in [0.717, 1.165) is 15.3 Å². The van der Waals surface area contributed by atoms with Gasteiger partial charge in [0.15, 0.2) is 0 Å². The number of hydrogen-bond acceptors (Lipinski definition) is 8. The van der Waals surface area contributed by atoms with Crippen LogP contribution in [0.5, 0.6) is 5.75 Å². The SMILES string of the molecule is Cc1ccc(OCC2=C(C(=O)O)N3C(=O)C(NC(=O)Cc4cccs4)C3S(=O)C2)c(-c2nc3ccc(Cl)cc3c(=O)[nH]2)c1. The van der Waals surface area contributed by atoms with Crippen molar-refractivity contribution in [2.45, 2.75) is 24.8 Å². The Labute approximate surface area is 255 Å². The summed E-state index contributed by atoms with van der Waals surface area (Å²) in [4.78, 5) is 59.8. The number of aryl methyl sites for hydroxylation is 1. The van der Waals surface area contributed by atoms with Crippen LogP contribution >= 0.6 is 22.9 Å². The number of benzene rings is 2. The summed E-state index contributed by atoms with van der Waals surface area (Å²) in [5.74, 6) is -2.08. The molecule has 1 fully saturated rings. The minimum atomic E-state index is -1.70. The van der Waals surface area contributed by atoms with Crippen LogP contribution in [0, 0.1) is 6.92 Å². The van der Waals surface area contributed by atoms with Crippen molar-refractivity contribution in [3.05, 3.63) is 91.0 Å². The van der Waals surface area contributed by atoms with Crippen molar-refractivity contribution < 1.29 is 28.4 Å². The summed E-state index contributed by atoms with van der Waals surface area (Å²) in [6, 6.07) is 12.5. The molecule has 3 unspecified atom stereocenters. The lowest BCUT2D eigenvalue weighted by Crippen LogP contribution is -2.73. The number of carboxylic acids is 1. The molecule has 3 atom stereocenters. The predicted octanol–water partition coefficient (Wildman–Crippen LogP) is 2.99. The van der Waals surface area contributed by atoms with Gasteiger partial charge in [-0.2, -0.15) is 0 Å². The Morgan fingerprint density at radius 2 is 2.05 bits per heavy atom. The first kappa shape index (κ1) is 28.8. The summed E-state index contributed by atoms with van der Waals surface area (Å²) in [5.41, 5.74) is 1.17. The highest BCUT2D eigenvalue weighted by molar-refractivity contribution is 7.86. The van der Waals surface area contributed by atoms with Crippen molar-refractivity contribution >= 4 is 62.4 Å². The molecule has 0 bridgehead atoms. The molecule has 2 aliphatic heterocycles. The first-order chi connectivity index (χ1) is 20.6. The number of aliphatic carboxylic acids is 1. The van der Waals surface area contributed by atoms with Gasteiger partial charge in [0, 0.05) is 15.5 Å². The number of halogens is 1. The van der Waals surface area contributed by atoms with E-state index in [0.29, 0.717) is 27.2 Å². The number of carboxylic acid groups (broad SMARTS) is 1. The Kier molecular flexibility index (Phi) is 7.63. The summed E-state index contributed by atoms with van der Waals surface area (Å²) >= 11 is 7.43. The van der Waals surface area contributed by atoms with Gasteiger partial charge >= 0.3 is 5.97 Å². The van der Waals surface area contributed by atoms with Crippen molar-refractivity contribution in [1.29, 1.82) is 0 Å². The molecule has 0 radical (unpaired) electrons. The van der Waals surface area contributed by atoms with E-state index in [2.05, 4.69) is 15.3 Å². The third kappa shape index (κ3) is 5.46. The number of rotatable bonds is 8. The fourth-order valence-electron chi connectivity index (χ4n) is 5.12. The average molecular weight is 639 g/mol. The molecule has 0 saturated carbocycles. The van der Waals surface area contributed by atoms with E-state index in [-0.39, 0.29) is 35.9 Å². The zero-order valence-corrected chi connectivity index (χ0v) is 24.8. The van der Waals surface area contributed by atoms with Crippen molar-refractivity contribution in [3.8, 4) is 17.1 Å². The molecule has 2 aliphatic rings. The number of fused-ring (bicyclic) bond motifs is 2. The molecule has 11 nitrogen and oxygen atoms in total. The molecule has 220 valence electrons. The van der Waals surface area contributed by atoms with Gasteiger partial charge in [0.1, 0.15) is 35.3 Å². The zero-order valence-electron chi connectivity index (χ0n) is 22.5. The van der Waals surface area contributed by atoms with E-state index in [9.17, 15) is 28.5 Å². The van der Waals surface area contributed by atoms with Gasteiger partial charge in [0.25, 0.3) is 11.5 Å². The maximum atomic E-state index is 13.2. The number of carbonyl (C=O) groups excluding carboxylic acids is 2. The molecule has 4 aromatic rings. The van der Waals surface area contributed by atoms with Crippen molar-refractivity contribution in [1.82, 2.24) is 20.2 Å². The zero-order chi connectivity index (χ0) is 30.4. The molecule has 2 aromatic heterocycles. The fraction of sp³-hybridized carbons (Fsp3) is 0.207. The number of β-lactam (4-membered cyclic amide) rings is 1. The topological polar surface area (TPSA) is 159 Å². The summed E-state index contributed by atoms with van der Waals surface area (Å²) < 4.78 is 19.3. The highest BCUT2D eigenvalue weighted by Gasteiger charge is 2.57. The van der Waals surface area contributed by atoms with Crippen LogP contribution < -0.4 is 15.6 Å². The number of aromatic nitrogens is 2. The molecule has 2 amide bonds. The third-order valence-corrected chi connectivity index (χ3v) is 9.86. The van der Waals surface area contributed by atoms with Crippen LogP contribution in [0.2, 0.25) is 5.02 Å². The molecule has 4 heterocycles. The second-order valence-electron chi connectivity index (χ2n) is 10.0.